The highest BCUT2D eigenvalue weighted by Crippen LogP contribution is 2.71. The molecule has 0 bridgehead atoms. The molecule has 6 N–H and O–H groups in total. The fourth-order valence-electron chi connectivity index (χ4n) is 19.7. The number of aromatic hydroxyl groups is 6. The quantitative estimate of drug-likeness (QED) is 0.0974. The first-order chi connectivity index (χ1) is 37.1. The molecule has 6 nitrogen and oxygen atoms in total. The highest BCUT2D eigenvalue weighted by molar-refractivity contribution is 5.67. The normalized spacial score (nSPS) is 31.6. The lowest BCUT2D eigenvalue weighted by Gasteiger charge is -2.49. The summed E-state index contributed by atoms with van der Waals surface area (Å²) in [5, 5.41) is 65.0. The minimum atomic E-state index is -0.243. The fourth-order valence-corrected chi connectivity index (χ4v) is 19.7. The van der Waals surface area contributed by atoms with Gasteiger partial charge >= 0.3 is 0 Å². The van der Waals surface area contributed by atoms with E-state index in [0.717, 1.165) is 84.7 Å². The van der Waals surface area contributed by atoms with E-state index in [1.54, 1.807) is 0 Å². The maximum absolute atomic E-state index is 10.9. The number of benzene rings is 7. The van der Waals surface area contributed by atoms with Gasteiger partial charge in [-0.25, -0.2) is 0 Å². The van der Waals surface area contributed by atoms with Crippen molar-refractivity contribution >= 4 is 0 Å². The zero-order valence-electron chi connectivity index (χ0n) is 45.1. The van der Waals surface area contributed by atoms with Crippen LogP contribution < -0.4 is 0 Å². The van der Waals surface area contributed by atoms with E-state index in [2.05, 4.69) is 94.4 Å². The van der Waals surface area contributed by atoms with Crippen LogP contribution in [0.4, 0.5) is 0 Å². The van der Waals surface area contributed by atoms with Crippen LogP contribution in [-0.2, 0) is 54.8 Å². The molecule has 9 aliphatic carbocycles. The van der Waals surface area contributed by atoms with Crippen molar-refractivity contribution in [1.82, 2.24) is 0 Å². The van der Waals surface area contributed by atoms with Crippen LogP contribution in [0.2, 0.25) is 0 Å². The summed E-state index contributed by atoms with van der Waals surface area (Å²) < 4.78 is 0. The third-order valence-corrected chi connectivity index (χ3v) is 22.1. The van der Waals surface area contributed by atoms with Crippen LogP contribution in [0.1, 0.15) is 144 Å². The molecule has 3 spiro atoms. The molecule has 7 aromatic carbocycles. The van der Waals surface area contributed by atoms with Gasteiger partial charge in [0.2, 0.25) is 0 Å². The predicted molar refractivity (Wildman–Crippen MR) is 303 cm³/mol. The molecule has 9 aliphatic rings. The van der Waals surface area contributed by atoms with Gasteiger partial charge in [-0.15, -0.1) is 0 Å². The number of hydrogen-bond acceptors (Lipinski definition) is 6. The summed E-state index contributed by atoms with van der Waals surface area (Å²) in [6.07, 6.45) is 12.9. The van der Waals surface area contributed by atoms with Gasteiger partial charge < -0.3 is 30.6 Å². The van der Waals surface area contributed by atoms with Crippen molar-refractivity contribution in [2.45, 2.75) is 127 Å². The van der Waals surface area contributed by atoms with Crippen LogP contribution in [0.25, 0.3) is 0 Å². The van der Waals surface area contributed by atoms with Gasteiger partial charge in [-0.1, -0.05) is 131 Å². The third kappa shape index (κ3) is 6.78. The summed E-state index contributed by atoms with van der Waals surface area (Å²) in [5.41, 5.74) is 15.4. The summed E-state index contributed by atoms with van der Waals surface area (Å²) >= 11 is 0. The number of phenolic OH excluding ortho intramolecular Hbond substituents is 6. The molecule has 0 aliphatic heterocycles. The van der Waals surface area contributed by atoms with E-state index in [-0.39, 0.29) is 16.2 Å². The van der Waals surface area contributed by atoms with Crippen LogP contribution in [0.5, 0.6) is 34.5 Å². The average Bonchev–Trinajstić information content (AvgIpc) is 4.40. The third-order valence-electron chi connectivity index (χ3n) is 22.1. The van der Waals surface area contributed by atoms with Crippen LogP contribution in [0, 0.1) is 52.8 Å². The zero-order valence-corrected chi connectivity index (χ0v) is 45.1. The van der Waals surface area contributed by atoms with Crippen LogP contribution in [0.3, 0.4) is 0 Å². The van der Waals surface area contributed by atoms with E-state index < -0.39 is 0 Å². The van der Waals surface area contributed by atoms with Gasteiger partial charge in [0.1, 0.15) is 34.5 Å². The molecule has 3 fully saturated rings. The monoisotopic (exact) mass is 1020 g/mol. The zero-order chi connectivity index (χ0) is 52.9. The lowest BCUT2D eigenvalue weighted by molar-refractivity contribution is 0.0591. The van der Waals surface area contributed by atoms with Gasteiger partial charge in [0.15, 0.2) is 0 Å². The topological polar surface area (TPSA) is 121 Å². The summed E-state index contributed by atoms with van der Waals surface area (Å²) in [4.78, 5) is 0. The molecule has 0 aromatic heterocycles. The Morgan fingerprint density at radius 3 is 0.857 bits per heavy atom. The smallest absolute Gasteiger partial charge is 0.119 e. The van der Waals surface area contributed by atoms with Crippen molar-refractivity contribution in [2.24, 2.45) is 52.8 Å². The molecule has 6 heteroatoms. The molecular formula is C71H74O6. The van der Waals surface area contributed by atoms with Crippen LogP contribution in [0.15, 0.2) is 140 Å². The van der Waals surface area contributed by atoms with E-state index in [0.29, 0.717) is 93.2 Å². The van der Waals surface area contributed by atoms with Gasteiger partial charge in [0, 0.05) is 49.6 Å². The molecule has 3 saturated carbocycles. The van der Waals surface area contributed by atoms with E-state index in [4.69, 9.17) is 0 Å². The Morgan fingerprint density at radius 2 is 0.584 bits per heavy atom. The Morgan fingerprint density at radius 1 is 0.325 bits per heavy atom. The molecule has 0 amide bonds. The Balaban J connectivity index is 0.000000106. The molecule has 394 valence electrons. The van der Waals surface area contributed by atoms with Gasteiger partial charge in [-0.05, 0) is 211 Å². The van der Waals surface area contributed by atoms with Gasteiger partial charge in [-0.3, -0.25) is 0 Å². The molecule has 6 atom stereocenters. The number of rotatable bonds is 1. The standard InChI is InChI=1S/C26H24O2.C24H28O2.C21H22O2/c27-22-10-4-8-17-12-20-14-19(16-6-2-1-3-7-16)15-21-13-18-9-5-11-23(28)25(18)26(20,21)24(17)22;1-23(2,3)16-12-17-10-14-6-4-8-19(25)21(14)24(17)18(13-16)11-15-7-5-9-20(26)22(15)24;1-12-8-15-10-13-4-2-6-17(22)19(13)21(15)16(9-12)11-14-5-3-7-18(23)20(14)21/h1-11,19-21,27-28H,12-15H2;4-9,16-18,25-26H,10-13H2,1-3H3;2-7,12,15-16,22-23H,8-11H2,1H3/t20-,21-,26?;17-,18-,24?;15-,16-,21?/m001/s1. The van der Waals surface area contributed by atoms with E-state index >= 15 is 0 Å². The first-order valence-corrected chi connectivity index (χ1v) is 29.1. The second kappa shape index (κ2) is 17.4. The molecule has 16 rings (SSSR count). The molecule has 0 unspecified atom stereocenters. The largest absolute Gasteiger partial charge is 0.508 e. The highest BCUT2D eigenvalue weighted by Gasteiger charge is 2.65. The Kier molecular flexibility index (Phi) is 11.0. The second-order valence-corrected chi connectivity index (χ2v) is 26.6. The van der Waals surface area contributed by atoms with Crippen molar-refractivity contribution in [2.75, 3.05) is 0 Å². The van der Waals surface area contributed by atoms with Gasteiger partial charge in [-0.2, -0.15) is 0 Å². The number of fused-ring (bicyclic) bond motifs is 6. The highest BCUT2D eigenvalue weighted by atomic mass is 16.3. The molecule has 0 saturated heterocycles. The minimum Gasteiger partial charge on any atom is -0.508 e. The van der Waals surface area contributed by atoms with Crippen LogP contribution >= 0.6 is 0 Å². The lowest BCUT2D eigenvalue weighted by atomic mass is 9.53. The Hall–Kier alpha value is -6.66. The molecule has 7 aromatic rings. The first kappa shape index (κ1) is 48.7. The van der Waals surface area contributed by atoms with Crippen molar-refractivity contribution in [1.29, 1.82) is 0 Å². The van der Waals surface area contributed by atoms with Crippen molar-refractivity contribution in [3.05, 3.63) is 212 Å². The summed E-state index contributed by atoms with van der Waals surface area (Å²) in [7, 11) is 0. The fraction of sp³-hybridized carbons (Fsp3) is 0.408. The second-order valence-electron chi connectivity index (χ2n) is 26.6. The summed E-state index contributed by atoms with van der Waals surface area (Å²) in [5.74, 6) is 7.14. The summed E-state index contributed by atoms with van der Waals surface area (Å²) in [6.45, 7) is 9.45. The maximum atomic E-state index is 10.9. The van der Waals surface area contributed by atoms with Gasteiger partial charge in [0.25, 0.3) is 0 Å². The molecule has 77 heavy (non-hydrogen) atoms. The predicted octanol–water partition coefficient (Wildman–Crippen LogP) is 14.6. The number of phenols is 6. The van der Waals surface area contributed by atoms with E-state index in [9.17, 15) is 30.6 Å². The number of hydrogen-bond donors (Lipinski definition) is 6. The van der Waals surface area contributed by atoms with Crippen molar-refractivity contribution in [3.8, 4) is 34.5 Å². The Labute approximate surface area is 454 Å². The average molecular weight is 1020 g/mol. The molecule has 0 heterocycles. The van der Waals surface area contributed by atoms with E-state index in [1.165, 1.54) is 64.6 Å². The molecular weight excluding hydrogens is 949 g/mol. The first-order valence-electron chi connectivity index (χ1n) is 29.1. The maximum Gasteiger partial charge on any atom is 0.119 e. The summed E-state index contributed by atoms with van der Waals surface area (Å²) in [6, 6.07) is 46.7. The van der Waals surface area contributed by atoms with Crippen molar-refractivity contribution in [3.63, 3.8) is 0 Å². The van der Waals surface area contributed by atoms with Gasteiger partial charge in [0.05, 0.1) is 0 Å². The lowest BCUT2D eigenvalue weighted by Crippen LogP contribution is -2.46. The van der Waals surface area contributed by atoms with Crippen LogP contribution in [-0.4, -0.2) is 30.6 Å². The van der Waals surface area contributed by atoms with E-state index in [1.807, 2.05) is 72.8 Å². The molecule has 0 radical (unpaired) electrons. The minimum absolute atomic E-state index is 0.173. The SMILES string of the molecule is CC(C)(C)C1C[C@@H]2Cc3cccc(O)c3C23c2c(O)cccc2C[C@H]3C1.CC1C[C@@H]2Cc3cccc(O)c3C23c2c(O)cccc2C[C@H]3C1.Oc1cccc2c1C13c4c(O)cccc4C[C@H]1CC(c1ccccc1)C[C@@H]3C2. The van der Waals surface area contributed by atoms with Crippen molar-refractivity contribution < 1.29 is 30.6 Å². The Bertz CT molecular complexity index is 3290.